The first-order chi connectivity index (χ1) is 6.53. The maximum atomic E-state index is 8.64. The van der Waals surface area contributed by atoms with Crippen molar-refractivity contribution in [2.45, 2.75) is 58.7 Å². The SMILES string of the molecule is CC(C)C1(C(C)C)CCC(CC#N)O1. The van der Waals surface area contributed by atoms with E-state index in [1.165, 1.54) is 0 Å². The first kappa shape index (κ1) is 11.5. The van der Waals surface area contributed by atoms with Crippen LogP contribution in [0.5, 0.6) is 0 Å². The van der Waals surface area contributed by atoms with Gasteiger partial charge in [0.2, 0.25) is 0 Å². The lowest BCUT2D eigenvalue weighted by atomic mass is 9.78. The average Bonchev–Trinajstić information content (AvgIpc) is 2.50. The van der Waals surface area contributed by atoms with Gasteiger partial charge in [-0.1, -0.05) is 27.7 Å². The van der Waals surface area contributed by atoms with Crippen LogP contribution in [0.1, 0.15) is 47.0 Å². The van der Waals surface area contributed by atoms with Crippen molar-refractivity contribution < 1.29 is 4.74 Å². The molecular weight excluding hydrogens is 174 g/mol. The summed E-state index contributed by atoms with van der Waals surface area (Å²) in [4.78, 5) is 0. The lowest BCUT2D eigenvalue weighted by Gasteiger charge is -2.37. The fourth-order valence-corrected chi connectivity index (χ4v) is 2.58. The molecule has 80 valence electrons. The molecule has 1 unspecified atom stereocenters. The van der Waals surface area contributed by atoms with E-state index in [0.29, 0.717) is 18.3 Å². The lowest BCUT2D eigenvalue weighted by molar-refractivity contribution is -0.0994. The van der Waals surface area contributed by atoms with E-state index < -0.39 is 0 Å². The third-order valence-corrected chi connectivity index (χ3v) is 3.52. The highest BCUT2D eigenvalue weighted by Crippen LogP contribution is 2.42. The third-order valence-electron chi connectivity index (χ3n) is 3.52. The lowest BCUT2D eigenvalue weighted by Crippen LogP contribution is -2.40. The van der Waals surface area contributed by atoms with E-state index in [9.17, 15) is 0 Å². The highest BCUT2D eigenvalue weighted by atomic mass is 16.5. The van der Waals surface area contributed by atoms with Gasteiger partial charge in [0, 0.05) is 0 Å². The van der Waals surface area contributed by atoms with E-state index in [-0.39, 0.29) is 11.7 Å². The molecule has 1 aliphatic rings. The normalized spacial score (nSPS) is 25.6. The zero-order valence-electron chi connectivity index (χ0n) is 9.71. The fourth-order valence-electron chi connectivity index (χ4n) is 2.58. The fraction of sp³-hybridized carbons (Fsp3) is 0.917. The van der Waals surface area contributed by atoms with Crippen molar-refractivity contribution >= 4 is 0 Å². The van der Waals surface area contributed by atoms with Gasteiger partial charge in [0.25, 0.3) is 0 Å². The Bertz CT molecular complexity index is 219. The molecule has 0 aromatic heterocycles. The molecule has 1 rings (SSSR count). The summed E-state index contributed by atoms with van der Waals surface area (Å²) in [6.07, 6.45) is 2.87. The summed E-state index contributed by atoms with van der Waals surface area (Å²) in [5.74, 6) is 1.07. The van der Waals surface area contributed by atoms with Gasteiger partial charge < -0.3 is 4.74 Å². The summed E-state index contributed by atoms with van der Waals surface area (Å²) in [6, 6.07) is 2.20. The minimum Gasteiger partial charge on any atom is -0.370 e. The summed E-state index contributed by atoms with van der Waals surface area (Å²) in [7, 11) is 0. The molecule has 0 bridgehead atoms. The number of nitriles is 1. The molecule has 0 aromatic rings. The molecule has 0 N–H and O–H groups in total. The Morgan fingerprint density at radius 1 is 1.36 bits per heavy atom. The van der Waals surface area contributed by atoms with E-state index in [0.717, 1.165) is 12.8 Å². The van der Waals surface area contributed by atoms with Gasteiger partial charge in [-0.05, 0) is 24.7 Å². The van der Waals surface area contributed by atoms with E-state index >= 15 is 0 Å². The van der Waals surface area contributed by atoms with Crippen LogP contribution >= 0.6 is 0 Å². The Kier molecular flexibility index (Phi) is 3.55. The molecule has 0 radical (unpaired) electrons. The summed E-state index contributed by atoms with van der Waals surface area (Å²) in [5.41, 5.74) is 0.0154. The zero-order valence-corrected chi connectivity index (χ0v) is 9.71. The summed E-state index contributed by atoms with van der Waals surface area (Å²) < 4.78 is 6.09. The number of nitrogens with zero attached hydrogens (tertiary/aromatic N) is 1. The second kappa shape index (κ2) is 4.31. The topological polar surface area (TPSA) is 33.0 Å². The van der Waals surface area contributed by atoms with E-state index in [1.54, 1.807) is 0 Å². The molecule has 1 heterocycles. The predicted octanol–water partition coefficient (Wildman–Crippen LogP) is 3.13. The highest BCUT2D eigenvalue weighted by Gasteiger charge is 2.44. The van der Waals surface area contributed by atoms with E-state index in [1.807, 2.05) is 0 Å². The molecule has 0 amide bonds. The minimum atomic E-state index is 0.0154. The molecule has 0 saturated carbocycles. The summed E-state index contributed by atoms with van der Waals surface area (Å²) >= 11 is 0. The molecule has 2 nitrogen and oxygen atoms in total. The van der Waals surface area contributed by atoms with Gasteiger partial charge in [-0.3, -0.25) is 0 Å². The number of rotatable bonds is 3. The van der Waals surface area contributed by atoms with Gasteiger partial charge in [0.15, 0.2) is 0 Å². The molecule has 0 spiro atoms. The van der Waals surface area contributed by atoms with Crippen LogP contribution in [0.25, 0.3) is 0 Å². The minimum absolute atomic E-state index is 0.0154. The monoisotopic (exact) mass is 195 g/mol. The Balaban J connectivity index is 2.70. The molecule has 1 fully saturated rings. The molecule has 0 aromatic carbocycles. The highest BCUT2D eigenvalue weighted by molar-refractivity contribution is 4.95. The second-order valence-electron chi connectivity index (χ2n) is 4.91. The van der Waals surface area contributed by atoms with E-state index in [4.69, 9.17) is 10.00 Å². The van der Waals surface area contributed by atoms with Crippen molar-refractivity contribution in [3.63, 3.8) is 0 Å². The first-order valence-corrected chi connectivity index (χ1v) is 5.57. The summed E-state index contributed by atoms with van der Waals surface area (Å²) in [5, 5.41) is 8.64. The van der Waals surface area contributed by atoms with Crippen molar-refractivity contribution in [3.8, 4) is 6.07 Å². The smallest absolute Gasteiger partial charge is 0.0733 e. The predicted molar refractivity (Wildman–Crippen MR) is 56.7 cm³/mol. The quantitative estimate of drug-likeness (QED) is 0.693. The van der Waals surface area contributed by atoms with Gasteiger partial charge in [-0.2, -0.15) is 5.26 Å². The van der Waals surface area contributed by atoms with Gasteiger partial charge in [0.05, 0.1) is 24.2 Å². The largest absolute Gasteiger partial charge is 0.370 e. The van der Waals surface area contributed by atoms with Crippen LogP contribution < -0.4 is 0 Å². The zero-order chi connectivity index (χ0) is 10.8. The average molecular weight is 195 g/mol. The maximum Gasteiger partial charge on any atom is 0.0733 e. The molecular formula is C12H21NO. The first-order valence-electron chi connectivity index (χ1n) is 5.57. The molecule has 2 heteroatoms. The molecule has 1 aliphatic heterocycles. The second-order valence-corrected chi connectivity index (χ2v) is 4.91. The van der Waals surface area contributed by atoms with Crippen LogP contribution in [-0.2, 0) is 4.74 Å². The molecule has 14 heavy (non-hydrogen) atoms. The Morgan fingerprint density at radius 3 is 2.29 bits per heavy atom. The number of ether oxygens (including phenoxy) is 1. The van der Waals surface area contributed by atoms with Crippen LogP contribution in [0.2, 0.25) is 0 Å². The van der Waals surface area contributed by atoms with Crippen LogP contribution in [0.15, 0.2) is 0 Å². The Labute approximate surface area is 87.3 Å². The van der Waals surface area contributed by atoms with Gasteiger partial charge in [0.1, 0.15) is 0 Å². The molecule has 1 saturated heterocycles. The number of hydrogen-bond donors (Lipinski definition) is 0. The van der Waals surface area contributed by atoms with Crippen LogP contribution in [-0.4, -0.2) is 11.7 Å². The van der Waals surface area contributed by atoms with E-state index in [2.05, 4.69) is 33.8 Å². The molecule has 1 atom stereocenters. The van der Waals surface area contributed by atoms with Crippen LogP contribution in [0.4, 0.5) is 0 Å². The van der Waals surface area contributed by atoms with Gasteiger partial charge in [-0.15, -0.1) is 0 Å². The Morgan fingerprint density at radius 2 is 1.93 bits per heavy atom. The van der Waals surface area contributed by atoms with Crippen molar-refractivity contribution in [1.82, 2.24) is 0 Å². The number of hydrogen-bond acceptors (Lipinski definition) is 2. The Hall–Kier alpha value is -0.550. The van der Waals surface area contributed by atoms with Gasteiger partial charge >= 0.3 is 0 Å². The summed E-state index contributed by atoms with van der Waals surface area (Å²) in [6.45, 7) is 8.87. The van der Waals surface area contributed by atoms with Crippen molar-refractivity contribution in [2.24, 2.45) is 11.8 Å². The van der Waals surface area contributed by atoms with Gasteiger partial charge in [-0.25, -0.2) is 0 Å². The maximum absolute atomic E-state index is 8.64. The van der Waals surface area contributed by atoms with Crippen LogP contribution in [0, 0.1) is 23.2 Å². The van der Waals surface area contributed by atoms with Crippen molar-refractivity contribution in [1.29, 1.82) is 5.26 Å². The van der Waals surface area contributed by atoms with Crippen molar-refractivity contribution in [2.75, 3.05) is 0 Å². The third kappa shape index (κ3) is 1.93. The standard InChI is InChI=1S/C12H21NO/c1-9(2)12(10(3)4)7-5-11(14-12)6-8-13/h9-11H,5-7H2,1-4H3. The van der Waals surface area contributed by atoms with Crippen molar-refractivity contribution in [3.05, 3.63) is 0 Å². The molecule has 0 aliphatic carbocycles. The van der Waals surface area contributed by atoms with Crippen LogP contribution in [0.3, 0.4) is 0 Å².